The molecule has 0 aliphatic heterocycles. The van der Waals surface area contributed by atoms with E-state index in [1.807, 2.05) is 0 Å². The van der Waals surface area contributed by atoms with Crippen LogP contribution in [-0.2, 0) is 21.2 Å². The second kappa shape index (κ2) is 14.7. The number of sulfonamides is 1. The van der Waals surface area contributed by atoms with Crippen LogP contribution in [0.1, 0.15) is 17.3 Å². The molecule has 3 N–H and O–H groups in total. The summed E-state index contributed by atoms with van der Waals surface area (Å²) in [6, 6.07) is 9.52. The number of ether oxygens (including phenoxy) is 3. The summed E-state index contributed by atoms with van der Waals surface area (Å²) in [6.45, 7) is 0.717. The topological polar surface area (TPSA) is 115 Å². The standard InChI is InChI=1S/C21H26ClN3O6S2.Na.H/c1-23-21(32)25-33(27,28)19-12-14(4-6-18(19)31-11-10-29-2)8-9-24-20(26)16-13-15(22)5-7-17(16)30-3;;/h4-7,12-13H,8-11H2,1-3H3,(H,24,26)(H2,23,25,32);;/q;+1;-1. The van der Waals surface area contributed by atoms with Crippen molar-refractivity contribution in [3.05, 3.63) is 52.5 Å². The Kier molecular flexibility index (Phi) is 13.2. The Morgan fingerprint density at radius 2 is 1.82 bits per heavy atom. The van der Waals surface area contributed by atoms with Gasteiger partial charge in [0, 0.05) is 25.7 Å². The number of hydrogen-bond donors (Lipinski definition) is 3. The van der Waals surface area contributed by atoms with E-state index in [-0.39, 0.29) is 65.8 Å². The zero-order valence-corrected chi connectivity index (χ0v) is 23.8. The summed E-state index contributed by atoms with van der Waals surface area (Å²) in [4.78, 5) is 12.5. The molecule has 1 amide bonds. The van der Waals surface area contributed by atoms with E-state index in [0.717, 1.165) is 0 Å². The number of benzene rings is 2. The second-order valence-corrected chi connectivity index (χ2v) is 9.15. The van der Waals surface area contributed by atoms with Crippen molar-refractivity contribution in [1.82, 2.24) is 15.4 Å². The Bertz CT molecular complexity index is 1110. The van der Waals surface area contributed by atoms with Crippen molar-refractivity contribution < 1.29 is 58.4 Å². The van der Waals surface area contributed by atoms with Crippen LogP contribution in [0.25, 0.3) is 0 Å². The number of hydrogen-bond acceptors (Lipinski definition) is 7. The van der Waals surface area contributed by atoms with Crippen molar-refractivity contribution in [3.8, 4) is 11.5 Å². The molecule has 0 unspecified atom stereocenters. The fourth-order valence-corrected chi connectivity index (χ4v) is 4.43. The maximum absolute atomic E-state index is 12.8. The predicted octanol–water partition coefficient (Wildman–Crippen LogP) is -0.755. The van der Waals surface area contributed by atoms with Crippen LogP contribution >= 0.6 is 23.8 Å². The van der Waals surface area contributed by atoms with E-state index >= 15 is 0 Å². The van der Waals surface area contributed by atoms with Gasteiger partial charge in [-0.25, -0.2) is 8.42 Å². The first-order valence-corrected chi connectivity index (χ1v) is 12.1. The molecule has 0 saturated carbocycles. The molecule has 0 radical (unpaired) electrons. The molecule has 13 heteroatoms. The first kappa shape index (κ1) is 30.4. The van der Waals surface area contributed by atoms with Gasteiger partial charge >= 0.3 is 29.6 Å². The molecule has 0 aliphatic rings. The normalized spacial score (nSPS) is 10.6. The van der Waals surface area contributed by atoms with E-state index in [0.29, 0.717) is 34.9 Å². The van der Waals surface area contributed by atoms with Crippen LogP contribution in [0.15, 0.2) is 41.3 Å². The molecule has 2 aromatic rings. The van der Waals surface area contributed by atoms with E-state index in [1.165, 1.54) is 33.4 Å². The van der Waals surface area contributed by atoms with Gasteiger partial charge in [0.25, 0.3) is 15.9 Å². The van der Waals surface area contributed by atoms with E-state index in [4.69, 9.17) is 38.0 Å². The molecule has 0 aliphatic carbocycles. The van der Waals surface area contributed by atoms with Gasteiger partial charge in [-0.1, -0.05) is 17.7 Å². The minimum atomic E-state index is -4.00. The Labute approximate surface area is 233 Å². The predicted molar refractivity (Wildman–Crippen MR) is 131 cm³/mol. The molecule has 0 aromatic heterocycles. The summed E-state index contributed by atoms with van der Waals surface area (Å²) in [6.07, 6.45) is 0.367. The molecule has 0 fully saturated rings. The minimum Gasteiger partial charge on any atom is -1.00 e. The largest absolute Gasteiger partial charge is 1.00 e. The van der Waals surface area contributed by atoms with Gasteiger partial charge in [0.05, 0.1) is 19.3 Å². The molecule has 0 atom stereocenters. The van der Waals surface area contributed by atoms with Crippen molar-refractivity contribution in [2.24, 2.45) is 0 Å². The van der Waals surface area contributed by atoms with Crippen LogP contribution in [0.3, 0.4) is 0 Å². The van der Waals surface area contributed by atoms with E-state index in [2.05, 4.69) is 15.4 Å². The molecule has 0 bridgehead atoms. The van der Waals surface area contributed by atoms with Crippen LogP contribution in [0.5, 0.6) is 11.5 Å². The molecular formula is C21H27ClN3NaO6S2. The van der Waals surface area contributed by atoms with Gasteiger partial charge in [-0.3, -0.25) is 9.52 Å². The molecule has 9 nitrogen and oxygen atoms in total. The smallest absolute Gasteiger partial charge is 1.00 e. The first-order valence-electron chi connectivity index (χ1n) is 9.82. The van der Waals surface area contributed by atoms with Crippen molar-refractivity contribution >= 4 is 44.9 Å². The van der Waals surface area contributed by atoms with Gasteiger partial charge in [-0.05, 0) is 54.5 Å². The van der Waals surface area contributed by atoms with Crippen molar-refractivity contribution in [3.63, 3.8) is 0 Å². The van der Waals surface area contributed by atoms with Crippen molar-refractivity contribution in [1.29, 1.82) is 0 Å². The average Bonchev–Trinajstić information content (AvgIpc) is 2.79. The van der Waals surface area contributed by atoms with Crippen LogP contribution in [0, 0.1) is 0 Å². The summed E-state index contributed by atoms with van der Waals surface area (Å²) in [7, 11) is 0.493. The van der Waals surface area contributed by atoms with Gasteiger partial charge in [-0.2, -0.15) is 0 Å². The van der Waals surface area contributed by atoms with Crippen LogP contribution in [-0.4, -0.2) is 60.5 Å². The summed E-state index contributed by atoms with van der Waals surface area (Å²) in [5, 5.41) is 5.71. The summed E-state index contributed by atoms with van der Waals surface area (Å²) in [5.74, 6) is 0.201. The molecule has 34 heavy (non-hydrogen) atoms. The number of methoxy groups -OCH3 is 2. The van der Waals surface area contributed by atoms with Gasteiger partial charge in [-0.15, -0.1) is 0 Å². The Balaban J connectivity index is 0.00000578. The van der Waals surface area contributed by atoms with E-state index < -0.39 is 10.0 Å². The third-order valence-corrected chi connectivity index (χ3v) is 6.44. The van der Waals surface area contributed by atoms with Gasteiger partial charge in [0.15, 0.2) is 5.11 Å². The van der Waals surface area contributed by atoms with E-state index in [1.54, 1.807) is 24.3 Å². The fourth-order valence-electron chi connectivity index (χ4n) is 2.77. The van der Waals surface area contributed by atoms with Gasteiger partial charge in [0.2, 0.25) is 0 Å². The second-order valence-electron chi connectivity index (χ2n) is 6.66. The zero-order chi connectivity index (χ0) is 24.4. The number of carbonyl (C=O) groups is 1. The molecule has 2 rings (SSSR count). The van der Waals surface area contributed by atoms with Crippen LogP contribution in [0.4, 0.5) is 0 Å². The van der Waals surface area contributed by atoms with Crippen molar-refractivity contribution in [2.45, 2.75) is 11.3 Å². The third kappa shape index (κ3) is 8.88. The molecule has 0 heterocycles. The summed E-state index contributed by atoms with van der Waals surface area (Å²) < 4.78 is 43.7. The zero-order valence-electron chi connectivity index (χ0n) is 20.4. The Morgan fingerprint density at radius 1 is 1.12 bits per heavy atom. The molecular weight excluding hydrogens is 513 g/mol. The van der Waals surface area contributed by atoms with Crippen LogP contribution < -0.4 is 54.4 Å². The third-order valence-electron chi connectivity index (χ3n) is 4.40. The number of halogens is 1. The Morgan fingerprint density at radius 3 is 2.47 bits per heavy atom. The minimum absolute atomic E-state index is 0. The van der Waals surface area contributed by atoms with Crippen LogP contribution in [0.2, 0.25) is 5.02 Å². The number of rotatable bonds is 11. The number of thiocarbonyl (C=S) groups is 1. The SMILES string of the molecule is CNC(=S)NS(=O)(=O)c1cc(CCNC(=O)c2cc(Cl)ccc2OC)ccc1OCCOC.[H-].[Na+]. The summed E-state index contributed by atoms with van der Waals surface area (Å²) in [5.41, 5.74) is 0.975. The van der Waals surface area contributed by atoms with Crippen molar-refractivity contribution in [2.75, 3.05) is 41.0 Å². The molecule has 0 spiro atoms. The monoisotopic (exact) mass is 539 g/mol. The Hall–Kier alpha value is -1.60. The number of nitrogens with one attached hydrogen (secondary N) is 3. The number of carbonyl (C=O) groups excluding carboxylic acids is 1. The summed E-state index contributed by atoms with van der Waals surface area (Å²) >= 11 is 10.9. The quantitative estimate of drug-likeness (QED) is 0.194. The first-order chi connectivity index (χ1) is 15.7. The molecule has 182 valence electrons. The molecule has 2 aromatic carbocycles. The van der Waals surface area contributed by atoms with Gasteiger partial charge in [0.1, 0.15) is 23.0 Å². The number of amides is 1. The maximum atomic E-state index is 12.8. The average molecular weight is 540 g/mol. The van der Waals surface area contributed by atoms with E-state index in [9.17, 15) is 13.2 Å². The molecule has 0 saturated heterocycles. The maximum Gasteiger partial charge on any atom is 1.00 e. The van der Waals surface area contributed by atoms with Gasteiger partial charge < -0.3 is 26.3 Å². The fraction of sp³-hybridized carbons (Fsp3) is 0.333.